The van der Waals surface area contributed by atoms with Crippen LogP contribution in [0.5, 0.6) is 5.88 Å². The first-order valence-electron chi connectivity index (χ1n) is 14.8. The Morgan fingerprint density at radius 1 is 1.22 bits per heavy atom. The molecule has 0 spiro atoms. The monoisotopic (exact) mass is 651 g/mol. The Balaban J connectivity index is 1.33. The lowest BCUT2D eigenvalue weighted by atomic mass is 10.0. The lowest BCUT2D eigenvalue weighted by Crippen LogP contribution is -2.35. The molecule has 2 amide bonds. The van der Waals surface area contributed by atoms with Crippen LogP contribution in [0.1, 0.15) is 30.4 Å². The molecule has 12 nitrogen and oxygen atoms in total. The summed E-state index contributed by atoms with van der Waals surface area (Å²) >= 11 is 6.87. The maximum absolute atomic E-state index is 15.4. The van der Waals surface area contributed by atoms with Crippen LogP contribution >= 0.6 is 11.6 Å². The number of hydrogen-bond donors (Lipinski definition) is 5. The Morgan fingerprint density at radius 3 is 2.76 bits per heavy atom. The number of aliphatic hydroxyl groups is 1. The number of ether oxygens (including phenoxy) is 1. The van der Waals surface area contributed by atoms with Gasteiger partial charge in [-0.15, -0.1) is 0 Å². The lowest BCUT2D eigenvalue weighted by molar-refractivity contribution is -0.122. The Bertz CT molecular complexity index is 1820. The van der Waals surface area contributed by atoms with Gasteiger partial charge in [0.05, 0.1) is 35.9 Å². The minimum Gasteiger partial charge on any atom is -0.481 e. The number of benzene rings is 1. The van der Waals surface area contributed by atoms with Gasteiger partial charge >= 0.3 is 0 Å². The van der Waals surface area contributed by atoms with Crippen LogP contribution in [0.3, 0.4) is 0 Å². The molecule has 242 valence electrons. The van der Waals surface area contributed by atoms with Gasteiger partial charge < -0.3 is 31.1 Å². The highest BCUT2D eigenvalue weighted by molar-refractivity contribution is 6.36. The van der Waals surface area contributed by atoms with E-state index in [-0.39, 0.29) is 60.9 Å². The maximum atomic E-state index is 15.4. The van der Waals surface area contributed by atoms with E-state index < -0.39 is 11.9 Å². The topological polar surface area (TPSA) is 159 Å². The van der Waals surface area contributed by atoms with Gasteiger partial charge in [0.15, 0.2) is 0 Å². The molecule has 1 fully saturated rings. The van der Waals surface area contributed by atoms with Crippen molar-refractivity contribution in [2.24, 2.45) is 0 Å². The van der Waals surface area contributed by atoms with Crippen molar-refractivity contribution in [2.75, 3.05) is 27.2 Å². The van der Waals surface area contributed by atoms with E-state index in [4.69, 9.17) is 16.3 Å². The molecule has 14 heteroatoms. The summed E-state index contributed by atoms with van der Waals surface area (Å²) in [5.41, 5.74) is 2.89. The number of nitrogens with one attached hydrogen (secondary N) is 4. The van der Waals surface area contributed by atoms with E-state index in [1.54, 1.807) is 30.5 Å². The quantitative estimate of drug-likeness (QED) is 0.146. The summed E-state index contributed by atoms with van der Waals surface area (Å²) < 4.78 is 22.2. The van der Waals surface area contributed by atoms with Crippen molar-refractivity contribution in [3.8, 4) is 28.3 Å². The number of carbonyl (C=O) groups is 2. The number of halogens is 2. The second kappa shape index (κ2) is 14.8. The zero-order valence-electron chi connectivity index (χ0n) is 25.4. The molecule has 1 aliphatic heterocycles. The molecule has 4 aromatic rings. The summed E-state index contributed by atoms with van der Waals surface area (Å²) in [5, 5.41) is 21.8. The van der Waals surface area contributed by atoms with E-state index in [0.717, 1.165) is 6.42 Å². The van der Waals surface area contributed by atoms with Crippen LogP contribution in [0.2, 0.25) is 5.02 Å². The van der Waals surface area contributed by atoms with Crippen molar-refractivity contribution < 1.29 is 23.8 Å². The predicted molar refractivity (Wildman–Crippen MR) is 171 cm³/mol. The fraction of sp³-hybridized carbons (Fsp3) is 0.344. The summed E-state index contributed by atoms with van der Waals surface area (Å²) in [7, 11) is 2.92. The minimum absolute atomic E-state index is 0.00518. The van der Waals surface area contributed by atoms with Gasteiger partial charge in [0.25, 0.3) is 5.56 Å². The summed E-state index contributed by atoms with van der Waals surface area (Å²) in [5.74, 6) is -0.644. The number of aromatic nitrogens is 3. The number of nitrogens with zero attached hydrogens (tertiary/aromatic N) is 3. The molecule has 5 rings (SSSR count). The fourth-order valence-corrected chi connectivity index (χ4v) is 5.64. The molecule has 3 aromatic heterocycles. The number of fused-ring (bicyclic) bond motifs is 1. The number of amides is 2. The molecule has 1 aliphatic rings. The molecule has 0 radical (unpaired) electrons. The van der Waals surface area contributed by atoms with Crippen molar-refractivity contribution in [1.29, 1.82) is 0 Å². The highest BCUT2D eigenvalue weighted by atomic mass is 35.5. The molecule has 0 bridgehead atoms. The number of hydrogen-bond acceptors (Lipinski definition) is 9. The van der Waals surface area contributed by atoms with Crippen molar-refractivity contribution in [3.63, 3.8) is 0 Å². The van der Waals surface area contributed by atoms with Gasteiger partial charge in [0.2, 0.25) is 17.7 Å². The number of pyridine rings is 2. The van der Waals surface area contributed by atoms with Crippen LogP contribution in [0.25, 0.3) is 28.0 Å². The fourth-order valence-electron chi connectivity index (χ4n) is 5.30. The lowest BCUT2D eigenvalue weighted by Gasteiger charge is -2.15. The van der Waals surface area contributed by atoms with E-state index >= 15 is 4.39 Å². The van der Waals surface area contributed by atoms with Crippen LogP contribution in [0.15, 0.2) is 53.6 Å². The first-order valence-corrected chi connectivity index (χ1v) is 15.2. The Labute approximate surface area is 269 Å². The highest BCUT2D eigenvalue weighted by Crippen LogP contribution is 2.37. The van der Waals surface area contributed by atoms with Gasteiger partial charge in [-0.1, -0.05) is 29.8 Å². The third-order valence-corrected chi connectivity index (χ3v) is 8.17. The average Bonchev–Trinajstić information content (AvgIpc) is 3.47. The number of rotatable bonds is 13. The smallest absolute Gasteiger partial charge is 0.262 e. The van der Waals surface area contributed by atoms with E-state index in [2.05, 4.69) is 31.2 Å². The van der Waals surface area contributed by atoms with Gasteiger partial charge in [-0.3, -0.25) is 18.8 Å². The summed E-state index contributed by atoms with van der Waals surface area (Å²) in [6.07, 6.45) is 3.36. The standard InChI is InChI=1S/C32H35ClFN7O5/c1-35-29(44)11-21(42)16-36-13-19-14-38-27-10-18(8-9-41(27)32(19)45)22-4-3-5-23(30(22)33)26-12-25(34)24(31(40-26)46-2)17-37-15-20-6-7-28(43)39-20/h3-5,8-10,12,14,20-21,36-37,42H,6-7,11,13,15-17H2,1-2H3,(H,35,44)(H,39,43)/t20-,21-/m0/s1. The SMILES string of the molecule is CNC(=O)C[C@H](O)CNCc1cnc2cc(-c3cccc(-c4cc(F)c(CNC[C@@H]5CCC(=O)N5)c(OC)n4)c3Cl)ccn2c1=O. The molecule has 0 unspecified atom stereocenters. The molecular weight excluding hydrogens is 617 g/mol. The second-order valence-corrected chi connectivity index (χ2v) is 11.4. The van der Waals surface area contributed by atoms with Crippen LogP contribution in [0, 0.1) is 5.82 Å². The normalized spacial score (nSPS) is 15.2. The number of carbonyl (C=O) groups excluding carboxylic acids is 2. The zero-order chi connectivity index (χ0) is 32.8. The molecular formula is C32H35ClFN7O5. The average molecular weight is 652 g/mol. The largest absolute Gasteiger partial charge is 0.481 e. The molecule has 1 saturated heterocycles. The van der Waals surface area contributed by atoms with E-state index in [9.17, 15) is 19.5 Å². The summed E-state index contributed by atoms with van der Waals surface area (Å²) in [4.78, 5) is 45.0. The molecule has 46 heavy (non-hydrogen) atoms. The van der Waals surface area contributed by atoms with Gasteiger partial charge in [0.1, 0.15) is 11.5 Å². The van der Waals surface area contributed by atoms with Crippen LogP contribution in [0.4, 0.5) is 4.39 Å². The van der Waals surface area contributed by atoms with E-state index in [1.807, 2.05) is 6.07 Å². The Hall–Kier alpha value is -4.43. The minimum atomic E-state index is -0.889. The van der Waals surface area contributed by atoms with E-state index in [0.29, 0.717) is 51.6 Å². The predicted octanol–water partition coefficient (Wildman–Crippen LogP) is 2.18. The van der Waals surface area contributed by atoms with Gasteiger partial charge in [-0.25, -0.2) is 14.4 Å². The van der Waals surface area contributed by atoms with Gasteiger partial charge in [0, 0.05) is 80.8 Å². The number of methoxy groups -OCH3 is 1. The Kier molecular flexibility index (Phi) is 10.6. The first-order chi connectivity index (χ1) is 22.2. The molecule has 0 saturated carbocycles. The maximum Gasteiger partial charge on any atom is 0.262 e. The van der Waals surface area contributed by atoms with Gasteiger partial charge in [-0.2, -0.15) is 0 Å². The zero-order valence-corrected chi connectivity index (χ0v) is 26.2. The third-order valence-electron chi connectivity index (χ3n) is 7.76. The van der Waals surface area contributed by atoms with E-state index in [1.165, 1.54) is 30.8 Å². The van der Waals surface area contributed by atoms with Crippen molar-refractivity contribution in [3.05, 3.63) is 81.1 Å². The van der Waals surface area contributed by atoms with Crippen molar-refractivity contribution in [1.82, 2.24) is 35.6 Å². The second-order valence-electron chi connectivity index (χ2n) is 11.0. The van der Waals surface area contributed by atoms with Crippen molar-refractivity contribution >= 4 is 29.1 Å². The van der Waals surface area contributed by atoms with Gasteiger partial charge in [-0.05, 0) is 24.1 Å². The highest BCUT2D eigenvalue weighted by Gasteiger charge is 2.22. The van der Waals surface area contributed by atoms with Crippen LogP contribution in [-0.2, 0) is 22.7 Å². The molecule has 2 atom stereocenters. The molecule has 5 N–H and O–H groups in total. The molecule has 1 aromatic carbocycles. The molecule has 0 aliphatic carbocycles. The molecule has 4 heterocycles. The summed E-state index contributed by atoms with van der Waals surface area (Å²) in [6, 6.07) is 10.1. The first kappa shape index (κ1) is 32.9. The summed E-state index contributed by atoms with van der Waals surface area (Å²) in [6.45, 7) is 0.966. The van der Waals surface area contributed by atoms with Crippen LogP contribution < -0.4 is 31.6 Å². The van der Waals surface area contributed by atoms with Crippen LogP contribution in [-0.4, -0.2) is 70.7 Å². The van der Waals surface area contributed by atoms with Crippen molar-refractivity contribution in [2.45, 2.75) is 44.5 Å². The third kappa shape index (κ3) is 7.50. The Morgan fingerprint density at radius 2 is 2.02 bits per heavy atom. The number of aliphatic hydroxyl groups excluding tert-OH is 1.